The van der Waals surface area contributed by atoms with Crippen LogP contribution in [0.4, 0.5) is 0 Å². The van der Waals surface area contributed by atoms with E-state index in [1.807, 2.05) is 22.9 Å². The van der Waals surface area contributed by atoms with Crippen molar-refractivity contribution in [3.63, 3.8) is 0 Å². The summed E-state index contributed by atoms with van der Waals surface area (Å²) in [5.74, 6) is 0. The summed E-state index contributed by atoms with van der Waals surface area (Å²) in [6.07, 6.45) is 2.01. The fraction of sp³-hybridized carbons (Fsp3) is 0.400. The fourth-order valence-electron chi connectivity index (χ4n) is 2.34. The molecule has 0 unspecified atom stereocenters. The Morgan fingerprint density at radius 2 is 2.11 bits per heavy atom. The Balaban J connectivity index is 2.21. The first-order chi connectivity index (χ1) is 9.11. The predicted octanol–water partition coefficient (Wildman–Crippen LogP) is 3.09. The topological polar surface area (TPSA) is 43.8 Å². The maximum atomic E-state index is 6.01. The summed E-state index contributed by atoms with van der Waals surface area (Å²) < 4.78 is 2.05. The van der Waals surface area contributed by atoms with Crippen LogP contribution in [-0.2, 0) is 13.0 Å². The number of nitrogens with two attached hydrogens (primary N) is 1. The SMILES string of the molecule is Cc1nn(Cc2cccc(Cl)c2)c(C)c1CCCN. The lowest BCUT2D eigenvalue weighted by Gasteiger charge is -2.06. The molecule has 0 bridgehead atoms. The van der Waals surface area contributed by atoms with Gasteiger partial charge in [0.05, 0.1) is 12.2 Å². The molecular formula is C15H20ClN3. The van der Waals surface area contributed by atoms with Crippen molar-refractivity contribution in [2.24, 2.45) is 5.73 Å². The lowest BCUT2D eigenvalue weighted by atomic mass is 10.1. The molecule has 1 aromatic heterocycles. The molecule has 102 valence electrons. The van der Waals surface area contributed by atoms with Gasteiger partial charge in [-0.15, -0.1) is 0 Å². The number of halogens is 1. The van der Waals surface area contributed by atoms with Crippen molar-refractivity contribution in [2.75, 3.05) is 6.54 Å². The first-order valence-corrected chi connectivity index (χ1v) is 6.97. The van der Waals surface area contributed by atoms with Gasteiger partial charge in [-0.1, -0.05) is 23.7 Å². The zero-order chi connectivity index (χ0) is 13.8. The Morgan fingerprint density at radius 3 is 2.79 bits per heavy atom. The Kier molecular flexibility index (Phi) is 4.61. The molecule has 0 saturated heterocycles. The van der Waals surface area contributed by atoms with Gasteiger partial charge in [0.2, 0.25) is 0 Å². The Bertz CT molecular complexity index is 561. The van der Waals surface area contributed by atoms with Crippen molar-refractivity contribution < 1.29 is 0 Å². The molecule has 0 spiro atoms. The molecule has 0 amide bonds. The highest BCUT2D eigenvalue weighted by Crippen LogP contribution is 2.17. The number of aryl methyl sites for hydroxylation is 1. The third-order valence-corrected chi connectivity index (χ3v) is 3.62. The van der Waals surface area contributed by atoms with Crippen LogP contribution in [0.15, 0.2) is 24.3 Å². The molecule has 0 atom stereocenters. The second kappa shape index (κ2) is 6.22. The second-order valence-electron chi connectivity index (χ2n) is 4.83. The highest BCUT2D eigenvalue weighted by molar-refractivity contribution is 6.30. The van der Waals surface area contributed by atoms with Gasteiger partial charge in [-0.25, -0.2) is 0 Å². The van der Waals surface area contributed by atoms with Crippen LogP contribution in [0, 0.1) is 13.8 Å². The number of hydrogen-bond donors (Lipinski definition) is 1. The van der Waals surface area contributed by atoms with E-state index in [2.05, 4.69) is 25.0 Å². The molecule has 2 N–H and O–H groups in total. The van der Waals surface area contributed by atoms with Gasteiger partial charge < -0.3 is 5.73 Å². The van der Waals surface area contributed by atoms with Crippen molar-refractivity contribution in [1.82, 2.24) is 9.78 Å². The van der Waals surface area contributed by atoms with Crippen molar-refractivity contribution in [3.8, 4) is 0 Å². The van der Waals surface area contributed by atoms with E-state index in [1.165, 1.54) is 16.8 Å². The standard InChI is InChI=1S/C15H20ClN3/c1-11-15(7-4-8-17)12(2)19(18-11)10-13-5-3-6-14(16)9-13/h3,5-6,9H,4,7-8,10,17H2,1-2H3. The Hall–Kier alpha value is -1.32. The summed E-state index contributed by atoms with van der Waals surface area (Å²) >= 11 is 6.01. The summed E-state index contributed by atoms with van der Waals surface area (Å²) in [7, 11) is 0. The maximum Gasteiger partial charge on any atom is 0.0663 e. The van der Waals surface area contributed by atoms with Crippen molar-refractivity contribution in [3.05, 3.63) is 51.8 Å². The minimum Gasteiger partial charge on any atom is -0.330 e. The third-order valence-electron chi connectivity index (χ3n) is 3.38. The van der Waals surface area contributed by atoms with Gasteiger partial charge in [0, 0.05) is 10.7 Å². The van der Waals surface area contributed by atoms with Crippen LogP contribution in [0.5, 0.6) is 0 Å². The summed E-state index contributed by atoms with van der Waals surface area (Å²) in [4.78, 5) is 0. The van der Waals surface area contributed by atoms with Gasteiger partial charge in [-0.2, -0.15) is 5.10 Å². The molecule has 4 heteroatoms. The lowest BCUT2D eigenvalue weighted by molar-refractivity contribution is 0.657. The zero-order valence-electron chi connectivity index (χ0n) is 11.5. The molecule has 2 rings (SSSR count). The monoisotopic (exact) mass is 277 g/mol. The van der Waals surface area contributed by atoms with Crippen molar-refractivity contribution in [2.45, 2.75) is 33.2 Å². The second-order valence-corrected chi connectivity index (χ2v) is 5.27. The van der Waals surface area contributed by atoms with Gasteiger partial charge in [0.15, 0.2) is 0 Å². The van der Waals surface area contributed by atoms with E-state index in [4.69, 9.17) is 17.3 Å². The normalized spacial score (nSPS) is 10.9. The molecule has 2 aromatic rings. The average Bonchev–Trinajstić information content (AvgIpc) is 2.62. The molecule has 3 nitrogen and oxygen atoms in total. The van der Waals surface area contributed by atoms with Crippen LogP contribution in [0.2, 0.25) is 5.02 Å². The molecule has 0 aliphatic rings. The van der Waals surface area contributed by atoms with Gasteiger partial charge in [-0.3, -0.25) is 4.68 Å². The molecule has 1 heterocycles. The van der Waals surface area contributed by atoms with E-state index in [0.717, 1.165) is 36.6 Å². The zero-order valence-corrected chi connectivity index (χ0v) is 12.2. The Morgan fingerprint density at radius 1 is 1.32 bits per heavy atom. The number of nitrogens with zero attached hydrogens (tertiary/aromatic N) is 2. The number of benzene rings is 1. The average molecular weight is 278 g/mol. The van der Waals surface area contributed by atoms with Crippen LogP contribution in [0.25, 0.3) is 0 Å². The Labute approximate surface area is 119 Å². The first-order valence-electron chi connectivity index (χ1n) is 6.59. The van der Waals surface area contributed by atoms with E-state index in [-0.39, 0.29) is 0 Å². The van der Waals surface area contributed by atoms with E-state index < -0.39 is 0 Å². The molecule has 1 aromatic carbocycles. The van der Waals surface area contributed by atoms with Gasteiger partial charge in [0.25, 0.3) is 0 Å². The maximum absolute atomic E-state index is 6.01. The smallest absolute Gasteiger partial charge is 0.0663 e. The van der Waals surface area contributed by atoms with Gasteiger partial charge >= 0.3 is 0 Å². The third kappa shape index (κ3) is 3.37. The first kappa shape index (κ1) is 14.1. The highest BCUT2D eigenvalue weighted by Gasteiger charge is 2.11. The molecule has 0 fully saturated rings. The van der Waals surface area contributed by atoms with E-state index in [9.17, 15) is 0 Å². The summed E-state index contributed by atoms with van der Waals surface area (Å²) in [5, 5.41) is 5.39. The summed E-state index contributed by atoms with van der Waals surface area (Å²) in [6, 6.07) is 7.91. The van der Waals surface area contributed by atoms with Crippen LogP contribution >= 0.6 is 11.6 Å². The number of rotatable bonds is 5. The van der Waals surface area contributed by atoms with Crippen LogP contribution in [-0.4, -0.2) is 16.3 Å². The number of aromatic nitrogens is 2. The van der Waals surface area contributed by atoms with Crippen molar-refractivity contribution in [1.29, 1.82) is 0 Å². The fourth-order valence-corrected chi connectivity index (χ4v) is 2.55. The van der Waals surface area contributed by atoms with Crippen LogP contribution in [0.3, 0.4) is 0 Å². The van der Waals surface area contributed by atoms with Crippen molar-refractivity contribution >= 4 is 11.6 Å². The van der Waals surface area contributed by atoms with Gasteiger partial charge in [-0.05, 0) is 56.5 Å². The van der Waals surface area contributed by atoms with E-state index in [1.54, 1.807) is 0 Å². The molecule has 0 radical (unpaired) electrons. The molecule has 19 heavy (non-hydrogen) atoms. The van der Waals surface area contributed by atoms with E-state index >= 15 is 0 Å². The minimum absolute atomic E-state index is 0.721. The lowest BCUT2D eigenvalue weighted by Crippen LogP contribution is -2.05. The number of hydrogen-bond acceptors (Lipinski definition) is 2. The largest absolute Gasteiger partial charge is 0.330 e. The summed E-state index contributed by atoms with van der Waals surface area (Å²) in [5.41, 5.74) is 10.4. The molecule has 0 aliphatic carbocycles. The van der Waals surface area contributed by atoms with Crippen LogP contribution < -0.4 is 5.73 Å². The molecule has 0 aliphatic heterocycles. The minimum atomic E-state index is 0.721. The quantitative estimate of drug-likeness (QED) is 0.913. The highest BCUT2D eigenvalue weighted by atomic mass is 35.5. The molecule has 0 saturated carbocycles. The predicted molar refractivity (Wildman–Crippen MR) is 79.6 cm³/mol. The van der Waals surface area contributed by atoms with Crippen LogP contribution in [0.1, 0.15) is 28.9 Å². The van der Waals surface area contributed by atoms with E-state index in [0.29, 0.717) is 0 Å². The van der Waals surface area contributed by atoms with Gasteiger partial charge in [0.1, 0.15) is 0 Å². The molecular weight excluding hydrogens is 258 g/mol. The summed E-state index contributed by atoms with van der Waals surface area (Å²) in [6.45, 7) is 5.66.